The van der Waals surface area contributed by atoms with Crippen LogP contribution in [0.25, 0.3) is 0 Å². The number of rotatable bonds is 3. The highest BCUT2D eigenvalue weighted by atomic mass is 32.1. The lowest BCUT2D eigenvalue weighted by atomic mass is 10.2. The van der Waals surface area contributed by atoms with Crippen LogP contribution in [0.2, 0.25) is 0 Å². The quantitative estimate of drug-likeness (QED) is 0.675. The van der Waals surface area contributed by atoms with Gasteiger partial charge in [-0.3, -0.25) is 20.2 Å². The summed E-state index contributed by atoms with van der Waals surface area (Å²) in [6.07, 6.45) is 0. The van der Waals surface area contributed by atoms with E-state index in [0.717, 1.165) is 5.01 Å². The van der Waals surface area contributed by atoms with E-state index in [4.69, 9.17) is 0 Å². The average molecular weight is 264 g/mol. The zero-order valence-corrected chi connectivity index (χ0v) is 10.1. The number of aromatic nitrogens is 2. The number of amides is 1. The van der Waals surface area contributed by atoms with Crippen LogP contribution in [0.1, 0.15) is 15.4 Å². The average Bonchev–Trinajstić information content (AvgIpc) is 2.75. The molecule has 0 spiro atoms. The molecule has 0 unspecified atom stereocenters. The van der Waals surface area contributed by atoms with Crippen LogP contribution in [0.5, 0.6) is 0 Å². The Morgan fingerprint density at radius 2 is 2.22 bits per heavy atom. The van der Waals surface area contributed by atoms with Gasteiger partial charge in [0.2, 0.25) is 5.13 Å². The molecule has 0 saturated carbocycles. The van der Waals surface area contributed by atoms with E-state index in [9.17, 15) is 14.9 Å². The summed E-state index contributed by atoms with van der Waals surface area (Å²) in [4.78, 5) is 21.8. The Balaban J connectivity index is 2.18. The third-order valence-corrected chi connectivity index (χ3v) is 2.82. The second kappa shape index (κ2) is 4.88. The molecule has 0 fully saturated rings. The maximum Gasteiger partial charge on any atom is 0.270 e. The molecule has 0 aliphatic heterocycles. The second-order valence-electron chi connectivity index (χ2n) is 3.39. The molecule has 92 valence electrons. The summed E-state index contributed by atoms with van der Waals surface area (Å²) in [6, 6.07) is 5.49. The van der Waals surface area contributed by atoms with E-state index < -0.39 is 10.8 Å². The summed E-state index contributed by atoms with van der Waals surface area (Å²) in [5.74, 6) is -0.449. The van der Waals surface area contributed by atoms with Crippen molar-refractivity contribution in [3.05, 3.63) is 45.0 Å². The molecule has 0 saturated heterocycles. The number of nitrogens with one attached hydrogen (secondary N) is 1. The van der Waals surface area contributed by atoms with E-state index in [-0.39, 0.29) is 11.3 Å². The van der Waals surface area contributed by atoms with Crippen molar-refractivity contribution in [1.29, 1.82) is 0 Å². The Kier molecular flexibility index (Phi) is 3.28. The number of aryl methyl sites for hydroxylation is 1. The fourth-order valence-electron chi connectivity index (χ4n) is 1.28. The number of non-ortho nitro benzene ring substituents is 1. The summed E-state index contributed by atoms with van der Waals surface area (Å²) in [5, 5.41) is 21.7. The van der Waals surface area contributed by atoms with Crippen molar-refractivity contribution in [2.24, 2.45) is 0 Å². The van der Waals surface area contributed by atoms with Crippen LogP contribution in [0.4, 0.5) is 10.8 Å². The highest BCUT2D eigenvalue weighted by molar-refractivity contribution is 7.15. The molecule has 18 heavy (non-hydrogen) atoms. The van der Waals surface area contributed by atoms with Gasteiger partial charge >= 0.3 is 0 Å². The van der Waals surface area contributed by atoms with Crippen LogP contribution < -0.4 is 5.32 Å². The van der Waals surface area contributed by atoms with Crippen LogP contribution in [0, 0.1) is 17.0 Å². The number of anilines is 1. The van der Waals surface area contributed by atoms with Crippen molar-refractivity contribution in [3.63, 3.8) is 0 Å². The summed E-state index contributed by atoms with van der Waals surface area (Å²) in [6.45, 7) is 1.76. The van der Waals surface area contributed by atoms with Gasteiger partial charge in [0.25, 0.3) is 11.6 Å². The highest BCUT2D eigenvalue weighted by Gasteiger charge is 2.12. The van der Waals surface area contributed by atoms with Gasteiger partial charge in [-0.1, -0.05) is 17.4 Å². The third-order valence-electron chi connectivity index (χ3n) is 2.07. The molecular formula is C10H8N4O3S. The molecule has 1 N–H and O–H groups in total. The molecule has 7 nitrogen and oxygen atoms in total. The zero-order valence-electron chi connectivity index (χ0n) is 9.28. The number of nitrogens with zero attached hydrogens (tertiary/aromatic N) is 3. The molecule has 2 aromatic rings. The van der Waals surface area contributed by atoms with Crippen molar-refractivity contribution in [2.75, 3.05) is 5.32 Å². The number of nitro groups is 1. The molecular weight excluding hydrogens is 256 g/mol. The van der Waals surface area contributed by atoms with Crippen LogP contribution in [-0.4, -0.2) is 21.0 Å². The fourth-order valence-corrected chi connectivity index (χ4v) is 1.86. The Morgan fingerprint density at radius 3 is 2.83 bits per heavy atom. The summed E-state index contributed by atoms with van der Waals surface area (Å²) < 4.78 is 0. The summed E-state index contributed by atoms with van der Waals surface area (Å²) >= 11 is 1.23. The van der Waals surface area contributed by atoms with Crippen molar-refractivity contribution in [2.45, 2.75) is 6.92 Å². The van der Waals surface area contributed by atoms with Gasteiger partial charge in [0.15, 0.2) is 0 Å². The van der Waals surface area contributed by atoms with Gasteiger partial charge in [0.05, 0.1) is 4.92 Å². The zero-order chi connectivity index (χ0) is 13.1. The van der Waals surface area contributed by atoms with Crippen molar-refractivity contribution in [3.8, 4) is 0 Å². The van der Waals surface area contributed by atoms with Crippen LogP contribution in [0.3, 0.4) is 0 Å². The van der Waals surface area contributed by atoms with Gasteiger partial charge in [-0.15, -0.1) is 10.2 Å². The minimum atomic E-state index is -0.550. The van der Waals surface area contributed by atoms with Crippen LogP contribution in [-0.2, 0) is 0 Å². The predicted octanol–water partition coefficient (Wildman–Crippen LogP) is 2.01. The topological polar surface area (TPSA) is 98.0 Å². The molecule has 0 aliphatic rings. The van der Waals surface area contributed by atoms with Crippen molar-refractivity contribution < 1.29 is 9.72 Å². The number of benzene rings is 1. The first kappa shape index (κ1) is 12.1. The first-order valence-electron chi connectivity index (χ1n) is 4.92. The molecule has 0 radical (unpaired) electrons. The van der Waals surface area contributed by atoms with Crippen LogP contribution in [0.15, 0.2) is 24.3 Å². The minimum Gasteiger partial charge on any atom is -0.296 e. The van der Waals surface area contributed by atoms with Gasteiger partial charge in [-0.25, -0.2) is 0 Å². The van der Waals surface area contributed by atoms with Gasteiger partial charge in [0, 0.05) is 17.7 Å². The number of carbonyl (C=O) groups is 1. The van der Waals surface area contributed by atoms with E-state index in [2.05, 4.69) is 15.5 Å². The standard InChI is InChI=1S/C10H8N4O3S/c1-6-12-13-10(18-6)11-9(15)7-3-2-4-8(5-7)14(16)17/h2-5H,1H3,(H,11,13,15). The van der Waals surface area contributed by atoms with E-state index in [1.54, 1.807) is 6.92 Å². The van der Waals surface area contributed by atoms with Crippen molar-refractivity contribution in [1.82, 2.24) is 10.2 Å². The van der Waals surface area contributed by atoms with Gasteiger partial charge in [0.1, 0.15) is 5.01 Å². The van der Waals surface area contributed by atoms with Crippen LogP contribution >= 0.6 is 11.3 Å². The molecule has 1 amide bonds. The number of carbonyl (C=O) groups excluding carboxylic acids is 1. The third kappa shape index (κ3) is 2.66. The predicted molar refractivity (Wildman–Crippen MR) is 65.7 cm³/mol. The summed E-state index contributed by atoms with van der Waals surface area (Å²) in [5.41, 5.74) is 0.0770. The first-order chi connectivity index (χ1) is 8.56. The normalized spacial score (nSPS) is 10.1. The Labute approximate surface area is 106 Å². The van der Waals surface area contributed by atoms with E-state index >= 15 is 0 Å². The Bertz CT molecular complexity index is 611. The van der Waals surface area contributed by atoms with Crippen molar-refractivity contribution >= 4 is 28.1 Å². The molecule has 0 bridgehead atoms. The maximum absolute atomic E-state index is 11.8. The lowest BCUT2D eigenvalue weighted by molar-refractivity contribution is -0.384. The van der Waals surface area contributed by atoms with Gasteiger partial charge in [-0.2, -0.15) is 0 Å². The molecule has 0 aliphatic carbocycles. The number of hydrogen-bond acceptors (Lipinski definition) is 6. The fraction of sp³-hybridized carbons (Fsp3) is 0.100. The SMILES string of the molecule is Cc1nnc(NC(=O)c2cccc([N+](=O)[O-])c2)s1. The number of nitro benzene ring substituents is 1. The maximum atomic E-state index is 11.8. The Morgan fingerprint density at radius 1 is 1.44 bits per heavy atom. The largest absolute Gasteiger partial charge is 0.296 e. The molecule has 1 aromatic carbocycles. The van der Waals surface area contributed by atoms with E-state index in [1.807, 2.05) is 0 Å². The molecule has 2 rings (SSSR count). The molecule has 0 atom stereocenters. The molecule has 8 heteroatoms. The highest BCUT2D eigenvalue weighted by Crippen LogP contribution is 2.17. The lowest BCUT2D eigenvalue weighted by Gasteiger charge is -2.00. The van der Waals surface area contributed by atoms with E-state index in [1.165, 1.54) is 35.6 Å². The summed E-state index contributed by atoms with van der Waals surface area (Å²) in [7, 11) is 0. The van der Waals surface area contributed by atoms with E-state index in [0.29, 0.717) is 5.13 Å². The van der Waals surface area contributed by atoms with Gasteiger partial charge in [-0.05, 0) is 13.0 Å². The second-order valence-corrected chi connectivity index (χ2v) is 4.57. The first-order valence-corrected chi connectivity index (χ1v) is 5.74. The smallest absolute Gasteiger partial charge is 0.270 e. The monoisotopic (exact) mass is 264 g/mol. The van der Waals surface area contributed by atoms with Gasteiger partial charge < -0.3 is 0 Å². The number of hydrogen-bond donors (Lipinski definition) is 1. The molecule has 1 aromatic heterocycles. The lowest BCUT2D eigenvalue weighted by Crippen LogP contribution is -2.11. The minimum absolute atomic E-state index is 0.129. The molecule has 1 heterocycles. The Hall–Kier alpha value is -2.35.